The van der Waals surface area contributed by atoms with Crippen molar-refractivity contribution in [2.75, 3.05) is 6.61 Å². The molecule has 0 amide bonds. The van der Waals surface area contributed by atoms with Gasteiger partial charge in [-0.05, 0) is 35.4 Å². The Kier molecular flexibility index (Phi) is 2.70. The standard InChI is InChI=1S/C11H11Cl2FO/c1-11(4-6(11)5-15)7-2-10(14)9(13)3-8(7)12/h2-3,6,15H,4-5H2,1H3. The molecule has 0 radical (unpaired) electrons. The summed E-state index contributed by atoms with van der Waals surface area (Å²) in [5, 5.41) is 9.56. The summed E-state index contributed by atoms with van der Waals surface area (Å²) in [6.45, 7) is 2.08. The van der Waals surface area contributed by atoms with Crippen molar-refractivity contribution in [2.45, 2.75) is 18.8 Å². The Labute approximate surface area is 97.8 Å². The van der Waals surface area contributed by atoms with Crippen LogP contribution in [0.3, 0.4) is 0 Å². The van der Waals surface area contributed by atoms with Gasteiger partial charge in [-0.15, -0.1) is 0 Å². The number of aliphatic hydroxyl groups excluding tert-OH is 1. The monoisotopic (exact) mass is 248 g/mol. The number of hydrogen-bond donors (Lipinski definition) is 1. The van der Waals surface area contributed by atoms with E-state index in [4.69, 9.17) is 28.3 Å². The molecule has 1 aromatic rings. The van der Waals surface area contributed by atoms with Crippen molar-refractivity contribution >= 4 is 23.2 Å². The van der Waals surface area contributed by atoms with E-state index in [9.17, 15) is 4.39 Å². The van der Waals surface area contributed by atoms with Crippen LogP contribution in [0.25, 0.3) is 0 Å². The molecule has 0 heterocycles. The minimum absolute atomic E-state index is 0.0357. The highest BCUT2D eigenvalue weighted by Gasteiger charge is 2.51. The average molecular weight is 249 g/mol. The number of benzene rings is 1. The molecule has 82 valence electrons. The van der Waals surface area contributed by atoms with Gasteiger partial charge in [0.1, 0.15) is 5.82 Å². The molecule has 2 rings (SSSR count). The Morgan fingerprint density at radius 2 is 2.13 bits per heavy atom. The van der Waals surface area contributed by atoms with Crippen LogP contribution in [0.1, 0.15) is 18.9 Å². The summed E-state index contributed by atoms with van der Waals surface area (Å²) in [5.74, 6) is -0.281. The highest BCUT2D eigenvalue weighted by Crippen LogP contribution is 2.55. The molecule has 0 bridgehead atoms. The Bertz CT molecular complexity index is 408. The smallest absolute Gasteiger partial charge is 0.142 e. The van der Waals surface area contributed by atoms with Crippen LogP contribution in [-0.4, -0.2) is 11.7 Å². The van der Waals surface area contributed by atoms with Crippen molar-refractivity contribution in [3.05, 3.63) is 33.6 Å². The molecule has 1 nitrogen and oxygen atoms in total. The molecule has 0 aliphatic heterocycles. The lowest BCUT2D eigenvalue weighted by molar-refractivity contribution is 0.265. The lowest BCUT2D eigenvalue weighted by Gasteiger charge is -2.13. The molecular formula is C11H11Cl2FO. The normalized spacial score (nSPS) is 29.3. The second kappa shape index (κ2) is 3.62. The van der Waals surface area contributed by atoms with Gasteiger partial charge in [-0.2, -0.15) is 0 Å². The third kappa shape index (κ3) is 1.75. The molecule has 1 aliphatic rings. The summed E-state index contributed by atoms with van der Waals surface area (Å²) in [6.07, 6.45) is 0.838. The van der Waals surface area contributed by atoms with Crippen LogP contribution >= 0.6 is 23.2 Å². The van der Waals surface area contributed by atoms with Gasteiger partial charge in [0, 0.05) is 11.6 Å². The molecule has 1 aromatic carbocycles. The van der Waals surface area contributed by atoms with Crippen LogP contribution < -0.4 is 0 Å². The van der Waals surface area contributed by atoms with Crippen LogP contribution in [0, 0.1) is 11.7 Å². The number of halogens is 3. The summed E-state index contributed by atoms with van der Waals surface area (Å²) in [7, 11) is 0. The van der Waals surface area contributed by atoms with Crippen LogP contribution in [0.4, 0.5) is 4.39 Å². The van der Waals surface area contributed by atoms with E-state index >= 15 is 0 Å². The van der Waals surface area contributed by atoms with Gasteiger partial charge in [0.2, 0.25) is 0 Å². The third-order valence-corrected chi connectivity index (χ3v) is 3.86. The first-order valence-electron chi connectivity index (χ1n) is 4.75. The average Bonchev–Trinajstić information content (AvgIpc) is 2.84. The highest BCUT2D eigenvalue weighted by molar-refractivity contribution is 6.35. The zero-order valence-electron chi connectivity index (χ0n) is 8.23. The van der Waals surface area contributed by atoms with Crippen LogP contribution in [-0.2, 0) is 5.41 Å². The van der Waals surface area contributed by atoms with E-state index in [1.54, 1.807) is 0 Å². The van der Waals surface area contributed by atoms with Gasteiger partial charge in [0.05, 0.1) is 5.02 Å². The van der Waals surface area contributed by atoms with E-state index in [2.05, 4.69) is 0 Å². The maximum atomic E-state index is 13.3. The second-order valence-corrected chi connectivity index (χ2v) is 5.06. The maximum absolute atomic E-state index is 13.3. The Morgan fingerprint density at radius 3 is 2.67 bits per heavy atom. The summed E-state index contributed by atoms with van der Waals surface area (Å²) in [6, 6.07) is 2.80. The topological polar surface area (TPSA) is 20.2 Å². The molecule has 1 saturated carbocycles. The first-order chi connectivity index (χ1) is 6.99. The molecule has 1 fully saturated rings. The molecule has 2 atom stereocenters. The van der Waals surface area contributed by atoms with Crippen molar-refractivity contribution in [3.63, 3.8) is 0 Å². The second-order valence-electron chi connectivity index (χ2n) is 4.25. The molecular weight excluding hydrogens is 238 g/mol. The Balaban J connectivity index is 2.42. The molecule has 0 saturated heterocycles. The Morgan fingerprint density at radius 1 is 1.47 bits per heavy atom. The van der Waals surface area contributed by atoms with E-state index in [1.807, 2.05) is 6.92 Å². The van der Waals surface area contributed by atoms with Crippen molar-refractivity contribution in [1.29, 1.82) is 0 Å². The third-order valence-electron chi connectivity index (χ3n) is 3.26. The number of hydrogen-bond acceptors (Lipinski definition) is 1. The highest BCUT2D eigenvalue weighted by atomic mass is 35.5. The van der Waals surface area contributed by atoms with Gasteiger partial charge in [-0.25, -0.2) is 4.39 Å². The van der Waals surface area contributed by atoms with E-state index in [0.29, 0.717) is 5.02 Å². The fourth-order valence-corrected chi connectivity index (χ4v) is 2.61. The van der Waals surface area contributed by atoms with E-state index in [1.165, 1.54) is 12.1 Å². The molecule has 4 heteroatoms. The lowest BCUT2D eigenvalue weighted by Crippen LogP contribution is -2.08. The molecule has 0 spiro atoms. The predicted octanol–water partition coefficient (Wildman–Crippen LogP) is 3.40. The zero-order valence-corrected chi connectivity index (χ0v) is 9.74. The van der Waals surface area contributed by atoms with Gasteiger partial charge in [-0.3, -0.25) is 0 Å². The quantitative estimate of drug-likeness (QED) is 0.796. The molecule has 1 aliphatic carbocycles. The largest absolute Gasteiger partial charge is 0.396 e. The van der Waals surface area contributed by atoms with Gasteiger partial charge >= 0.3 is 0 Å². The van der Waals surface area contributed by atoms with Crippen LogP contribution in [0.2, 0.25) is 10.0 Å². The van der Waals surface area contributed by atoms with Gasteiger partial charge < -0.3 is 5.11 Å². The van der Waals surface area contributed by atoms with Crippen LogP contribution in [0.5, 0.6) is 0 Å². The zero-order chi connectivity index (χ0) is 11.2. The molecule has 1 N–H and O–H groups in total. The van der Waals surface area contributed by atoms with Crippen molar-refractivity contribution in [1.82, 2.24) is 0 Å². The molecule has 0 aromatic heterocycles. The van der Waals surface area contributed by atoms with Gasteiger partial charge in [-0.1, -0.05) is 30.1 Å². The van der Waals surface area contributed by atoms with Crippen molar-refractivity contribution < 1.29 is 9.50 Å². The number of aliphatic hydroxyl groups is 1. The molecule has 2 unspecified atom stereocenters. The van der Waals surface area contributed by atoms with Gasteiger partial charge in [0.25, 0.3) is 0 Å². The minimum Gasteiger partial charge on any atom is -0.396 e. The fourth-order valence-electron chi connectivity index (χ4n) is 2.01. The first kappa shape index (κ1) is 11.2. The van der Waals surface area contributed by atoms with Crippen LogP contribution in [0.15, 0.2) is 12.1 Å². The lowest BCUT2D eigenvalue weighted by atomic mass is 9.95. The SMILES string of the molecule is CC1(c2cc(F)c(Cl)cc2Cl)CC1CO. The maximum Gasteiger partial charge on any atom is 0.142 e. The fraction of sp³-hybridized carbons (Fsp3) is 0.455. The first-order valence-corrected chi connectivity index (χ1v) is 5.50. The summed E-state index contributed by atoms with van der Waals surface area (Å²) in [4.78, 5) is 0. The van der Waals surface area contributed by atoms with Crippen molar-refractivity contribution in [2.24, 2.45) is 5.92 Å². The van der Waals surface area contributed by atoms with E-state index in [0.717, 1.165) is 12.0 Å². The van der Waals surface area contributed by atoms with E-state index in [-0.39, 0.29) is 23.0 Å². The summed E-state index contributed by atoms with van der Waals surface area (Å²) >= 11 is 11.6. The van der Waals surface area contributed by atoms with E-state index < -0.39 is 5.82 Å². The minimum atomic E-state index is -0.458. The van der Waals surface area contributed by atoms with Crippen molar-refractivity contribution in [3.8, 4) is 0 Å². The van der Waals surface area contributed by atoms with Gasteiger partial charge in [0.15, 0.2) is 0 Å². The predicted molar refractivity (Wildman–Crippen MR) is 59.0 cm³/mol. The summed E-state index contributed by atoms with van der Waals surface area (Å²) < 4.78 is 13.3. The molecule has 15 heavy (non-hydrogen) atoms. The number of rotatable bonds is 2. The summed E-state index contributed by atoms with van der Waals surface area (Å²) in [5.41, 5.74) is 0.544. The Hall–Kier alpha value is -0.310.